The average molecular weight is 347 g/mol. The SMILES string of the molecule is Cn1nc(OC2CCCC2)c2ccc(NC3=NCc4ncccc43)cc21. The van der Waals surface area contributed by atoms with E-state index >= 15 is 0 Å². The number of ether oxygens (including phenoxy) is 1. The highest BCUT2D eigenvalue weighted by Crippen LogP contribution is 2.31. The summed E-state index contributed by atoms with van der Waals surface area (Å²) in [6.45, 7) is 0.631. The Kier molecular flexibility index (Phi) is 3.62. The number of hydrogen-bond acceptors (Lipinski definition) is 5. The van der Waals surface area contributed by atoms with Gasteiger partial charge in [-0.05, 0) is 56.0 Å². The lowest BCUT2D eigenvalue weighted by Gasteiger charge is -2.10. The number of fused-ring (bicyclic) bond motifs is 2. The van der Waals surface area contributed by atoms with Gasteiger partial charge in [-0.3, -0.25) is 14.7 Å². The fraction of sp³-hybridized carbons (Fsp3) is 0.350. The van der Waals surface area contributed by atoms with Crippen molar-refractivity contribution in [1.29, 1.82) is 0 Å². The number of nitrogens with zero attached hydrogens (tertiary/aromatic N) is 4. The summed E-state index contributed by atoms with van der Waals surface area (Å²) in [5.74, 6) is 1.62. The van der Waals surface area contributed by atoms with E-state index < -0.39 is 0 Å². The normalized spacial score (nSPS) is 16.7. The third-order valence-electron chi connectivity index (χ3n) is 5.19. The van der Waals surface area contributed by atoms with Crippen LogP contribution in [0.15, 0.2) is 41.5 Å². The van der Waals surface area contributed by atoms with Gasteiger partial charge >= 0.3 is 0 Å². The highest BCUT2D eigenvalue weighted by Gasteiger charge is 2.21. The molecule has 2 aliphatic rings. The smallest absolute Gasteiger partial charge is 0.241 e. The zero-order valence-electron chi connectivity index (χ0n) is 14.8. The van der Waals surface area contributed by atoms with Crippen LogP contribution in [-0.2, 0) is 13.6 Å². The summed E-state index contributed by atoms with van der Waals surface area (Å²) in [5.41, 5.74) is 4.13. The van der Waals surface area contributed by atoms with Crippen LogP contribution in [0, 0.1) is 0 Å². The predicted molar refractivity (Wildman–Crippen MR) is 102 cm³/mol. The van der Waals surface area contributed by atoms with Crippen LogP contribution in [0.4, 0.5) is 5.69 Å². The minimum Gasteiger partial charge on any atom is -0.473 e. The number of aliphatic imine (C=N–C) groups is 1. The van der Waals surface area contributed by atoms with Crippen molar-refractivity contribution >= 4 is 22.4 Å². The molecule has 0 saturated heterocycles. The molecule has 6 heteroatoms. The Labute approximate surface area is 151 Å². The summed E-state index contributed by atoms with van der Waals surface area (Å²) in [5, 5.41) is 9.07. The minimum absolute atomic E-state index is 0.308. The van der Waals surface area contributed by atoms with Crippen LogP contribution in [-0.4, -0.2) is 26.7 Å². The summed E-state index contributed by atoms with van der Waals surface area (Å²) < 4.78 is 8.03. The van der Waals surface area contributed by atoms with Gasteiger partial charge in [-0.1, -0.05) is 0 Å². The summed E-state index contributed by atoms with van der Waals surface area (Å²) in [6, 6.07) is 10.2. The molecule has 132 valence electrons. The van der Waals surface area contributed by atoms with E-state index in [0.29, 0.717) is 12.6 Å². The van der Waals surface area contributed by atoms with Gasteiger partial charge in [0.2, 0.25) is 5.88 Å². The van der Waals surface area contributed by atoms with E-state index in [4.69, 9.17) is 4.74 Å². The fourth-order valence-electron chi connectivity index (χ4n) is 3.82. The first-order valence-electron chi connectivity index (χ1n) is 9.17. The maximum Gasteiger partial charge on any atom is 0.241 e. The lowest BCUT2D eigenvalue weighted by Crippen LogP contribution is -2.12. The Morgan fingerprint density at radius 3 is 2.96 bits per heavy atom. The van der Waals surface area contributed by atoms with Crippen molar-refractivity contribution < 1.29 is 4.74 Å². The third kappa shape index (κ3) is 2.62. The van der Waals surface area contributed by atoms with Crippen LogP contribution in [0.1, 0.15) is 36.9 Å². The lowest BCUT2D eigenvalue weighted by atomic mass is 10.2. The van der Waals surface area contributed by atoms with Crippen molar-refractivity contribution in [3.63, 3.8) is 0 Å². The maximum atomic E-state index is 6.14. The second-order valence-electron chi connectivity index (χ2n) is 6.97. The van der Waals surface area contributed by atoms with Crippen LogP contribution >= 0.6 is 0 Å². The Hall–Kier alpha value is -2.89. The number of hydrogen-bond donors (Lipinski definition) is 1. The van der Waals surface area contributed by atoms with Crippen LogP contribution < -0.4 is 10.1 Å². The van der Waals surface area contributed by atoms with Crippen molar-refractivity contribution in [3.8, 4) is 5.88 Å². The Bertz CT molecular complexity index is 1000. The summed E-state index contributed by atoms with van der Waals surface area (Å²) >= 11 is 0. The second-order valence-corrected chi connectivity index (χ2v) is 6.97. The molecule has 3 aromatic rings. The fourth-order valence-corrected chi connectivity index (χ4v) is 3.82. The van der Waals surface area contributed by atoms with E-state index in [1.165, 1.54) is 12.8 Å². The molecule has 1 N–H and O–H groups in total. The molecule has 1 saturated carbocycles. The van der Waals surface area contributed by atoms with Crippen LogP contribution in [0.2, 0.25) is 0 Å². The first-order chi connectivity index (χ1) is 12.8. The number of anilines is 1. The molecule has 3 heterocycles. The Morgan fingerprint density at radius 2 is 2.08 bits per heavy atom. The third-order valence-corrected chi connectivity index (χ3v) is 5.19. The Balaban J connectivity index is 1.43. The maximum absolute atomic E-state index is 6.14. The van der Waals surface area contributed by atoms with Crippen molar-refractivity contribution in [2.75, 3.05) is 5.32 Å². The van der Waals surface area contributed by atoms with Gasteiger partial charge in [0.25, 0.3) is 0 Å². The zero-order chi connectivity index (χ0) is 17.5. The van der Waals surface area contributed by atoms with Gasteiger partial charge in [0, 0.05) is 24.5 Å². The van der Waals surface area contributed by atoms with Crippen molar-refractivity contribution in [2.45, 2.75) is 38.3 Å². The molecule has 0 radical (unpaired) electrons. The topological polar surface area (TPSA) is 64.3 Å². The minimum atomic E-state index is 0.308. The molecule has 1 aromatic carbocycles. The standard InChI is InChI=1S/C20H21N5O/c1-25-18-11-13(23-19-15-7-4-10-21-17(15)12-22-19)8-9-16(18)20(24-25)26-14-5-2-3-6-14/h4,7-11,14H,2-3,5-6,12H2,1H3,(H,22,23). The van der Waals surface area contributed by atoms with Gasteiger partial charge in [-0.15, -0.1) is 5.10 Å². The molecule has 2 aromatic heterocycles. The molecule has 6 nitrogen and oxygen atoms in total. The largest absolute Gasteiger partial charge is 0.473 e. The quantitative estimate of drug-likeness (QED) is 0.785. The molecule has 1 fully saturated rings. The van der Waals surface area contributed by atoms with Gasteiger partial charge in [-0.25, -0.2) is 0 Å². The molecule has 1 aliphatic carbocycles. The predicted octanol–water partition coefficient (Wildman–Crippen LogP) is 3.66. The molecule has 0 amide bonds. The zero-order valence-corrected chi connectivity index (χ0v) is 14.8. The van der Waals surface area contributed by atoms with Crippen LogP contribution in [0.5, 0.6) is 5.88 Å². The van der Waals surface area contributed by atoms with Gasteiger partial charge < -0.3 is 10.1 Å². The van der Waals surface area contributed by atoms with E-state index in [1.54, 1.807) is 0 Å². The monoisotopic (exact) mass is 347 g/mol. The van der Waals surface area contributed by atoms with Gasteiger partial charge in [0.05, 0.1) is 23.1 Å². The first kappa shape index (κ1) is 15.4. The molecule has 0 bridgehead atoms. The molecule has 26 heavy (non-hydrogen) atoms. The van der Waals surface area contributed by atoms with Crippen molar-refractivity contribution in [3.05, 3.63) is 47.8 Å². The van der Waals surface area contributed by atoms with Crippen molar-refractivity contribution in [1.82, 2.24) is 14.8 Å². The number of pyridine rings is 1. The molecular weight excluding hydrogens is 326 g/mol. The summed E-state index contributed by atoms with van der Waals surface area (Å²) in [4.78, 5) is 8.95. The first-order valence-corrected chi connectivity index (χ1v) is 9.17. The molecule has 0 spiro atoms. The van der Waals surface area contributed by atoms with Crippen LogP contribution in [0.25, 0.3) is 10.9 Å². The van der Waals surface area contributed by atoms with Gasteiger partial charge in [-0.2, -0.15) is 0 Å². The number of nitrogens with one attached hydrogen (secondary N) is 1. The molecule has 1 aliphatic heterocycles. The second kappa shape index (κ2) is 6.12. The molecule has 5 rings (SSSR count). The van der Waals surface area contributed by atoms with E-state index in [2.05, 4.69) is 44.7 Å². The lowest BCUT2D eigenvalue weighted by molar-refractivity contribution is 0.202. The summed E-state index contributed by atoms with van der Waals surface area (Å²) in [7, 11) is 1.96. The van der Waals surface area contributed by atoms with Gasteiger partial charge in [0.15, 0.2) is 0 Å². The summed E-state index contributed by atoms with van der Waals surface area (Å²) in [6.07, 6.45) is 6.88. The molecular formula is C20H21N5O. The van der Waals surface area contributed by atoms with E-state index in [1.807, 2.05) is 24.0 Å². The Morgan fingerprint density at radius 1 is 1.19 bits per heavy atom. The molecule has 0 atom stereocenters. The number of aromatic nitrogens is 3. The van der Waals surface area contributed by atoms with Crippen LogP contribution in [0.3, 0.4) is 0 Å². The number of amidine groups is 1. The highest BCUT2D eigenvalue weighted by molar-refractivity contribution is 6.10. The highest BCUT2D eigenvalue weighted by atomic mass is 16.5. The van der Waals surface area contributed by atoms with Crippen molar-refractivity contribution in [2.24, 2.45) is 12.0 Å². The number of aryl methyl sites for hydroxylation is 1. The number of rotatable bonds is 3. The van der Waals surface area contributed by atoms with E-state index in [-0.39, 0.29) is 0 Å². The average Bonchev–Trinajstić information content (AvgIpc) is 3.37. The molecule has 0 unspecified atom stereocenters. The number of benzene rings is 1. The van der Waals surface area contributed by atoms with E-state index in [9.17, 15) is 0 Å². The van der Waals surface area contributed by atoms with Gasteiger partial charge in [0.1, 0.15) is 11.9 Å². The van der Waals surface area contributed by atoms with E-state index in [0.717, 1.165) is 52.4 Å².